The van der Waals surface area contributed by atoms with Crippen molar-refractivity contribution in [3.8, 4) is 0 Å². The van der Waals surface area contributed by atoms with Crippen molar-refractivity contribution in [2.24, 2.45) is 0 Å². The molecule has 1 atom stereocenters. The quantitative estimate of drug-likeness (QED) is 0.616. The molecule has 0 aromatic heterocycles. The minimum absolute atomic E-state index is 0.116. The first-order chi connectivity index (χ1) is 9.25. The molecule has 0 unspecified atom stereocenters. The summed E-state index contributed by atoms with van der Waals surface area (Å²) in [6.07, 6.45) is 3.07. The summed E-state index contributed by atoms with van der Waals surface area (Å²) in [5.41, 5.74) is 0.941. The molecule has 0 amide bonds. The summed E-state index contributed by atoms with van der Waals surface area (Å²) >= 11 is 0. The molecule has 2 nitrogen and oxygen atoms in total. The van der Waals surface area contributed by atoms with E-state index in [1.54, 1.807) is 0 Å². The molecule has 0 bridgehead atoms. The van der Waals surface area contributed by atoms with E-state index in [1.807, 2.05) is 24.3 Å². The standard InChI is InChI=1S/C17H16O2/c1-2-10-17(11-16(18)19-12-17)15-9-5-7-13-6-3-4-8-14(13)15/h2-9H,1,10-12H2/t17-/m0/s1. The van der Waals surface area contributed by atoms with Crippen LogP contribution in [0.3, 0.4) is 0 Å². The van der Waals surface area contributed by atoms with Crippen LogP contribution in [0.1, 0.15) is 18.4 Å². The number of carbonyl (C=O) groups excluding carboxylic acids is 1. The molecule has 0 radical (unpaired) electrons. The van der Waals surface area contributed by atoms with E-state index in [4.69, 9.17) is 4.74 Å². The Labute approximate surface area is 112 Å². The molecule has 0 N–H and O–H groups in total. The van der Waals surface area contributed by atoms with Gasteiger partial charge in [0.1, 0.15) is 6.61 Å². The Kier molecular flexibility index (Phi) is 2.86. The zero-order valence-electron chi connectivity index (χ0n) is 10.8. The molecule has 96 valence electrons. The summed E-state index contributed by atoms with van der Waals surface area (Å²) in [7, 11) is 0. The van der Waals surface area contributed by atoms with Gasteiger partial charge >= 0.3 is 5.97 Å². The van der Waals surface area contributed by atoms with Gasteiger partial charge in [-0.25, -0.2) is 0 Å². The average Bonchev–Trinajstić information content (AvgIpc) is 2.81. The summed E-state index contributed by atoms with van der Waals surface area (Å²) in [5, 5.41) is 2.40. The van der Waals surface area contributed by atoms with Crippen molar-refractivity contribution < 1.29 is 9.53 Å². The van der Waals surface area contributed by atoms with E-state index in [-0.39, 0.29) is 11.4 Å². The molecular weight excluding hydrogens is 236 g/mol. The van der Waals surface area contributed by atoms with Crippen molar-refractivity contribution in [1.29, 1.82) is 0 Å². The molecule has 1 heterocycles. The fourth-order valence-electron chi connectivity index (χ4n) is 2.98. The molecule has 0 saturated carbocycles. The second-order valence-electron chi connectivity index (χ2n) is 5.14. The summed E-state index contributed by atoms with van der Waals surface area (Å²) < 4.78 is 5.24. The summed E-state index contributed by atoms with van der Waals surface area (Å²) in [6.45, 7) is 4.28. The summed E-state index contributed by atoms with van der Waals surface area (Å²) in [4.78, 5) is 11.6. The van der Waals surface area contributed by atoms with Crippen LogP contribution in [0, 0.1) is 0 Å². The van der Waals surface area contributed by atoms with Crippen molar-refractivity contribution in [2.75, 3.05) is 6.61 Å². The molecule has 19 heavy (non-hydrogen) atoms. The molecular formula is C17H16O2. The van der Waals surface area contributed by atoms with Gasteiger partial charge in [-0.2, -0.15) is 0 Å². The first-order valence-electron chi connectivity index (χ1n) is 6.50. The van der Waals surface area contributed by atoms with Crippen molar-refractivity contribution in [1.82, 2.24) is 0 Å². The Morgan fingerprint density at radius 2 is 2.00 bits per heavy atom. The number of benzene rings is 2. The number of hydrogen-bond donors (Lipinski definition) is 0. The smallest absolute Gasteiger partial charge is 0.306 e. The lowest BCUT2D eigenvalue weighted by atomic mass is 9.75. The van der Waals surface area contributed by atoms with Crippen LogP contribution in [0.15, 0.2) is 55.1 Å². The van der Waals surface area contributed by atoms with Crippen LogP contribution >= 0.6 is 0 Å². The topological polar surface area (TPSA) is 26.3 Å². The van der Waals surface area contributed by atoms with E-state index in [1.165, 1.54) is 16.3 Å². The van der Waals surface area contributed by atoms with Gasteiger partial charge in [-0.05, 0) is 22.8 Å². The monoisotopic (exact) mass is 252 g/mol. The highest BCUT2D eigenvalue weighted by Crippen LogP contribution is 2.40. The largest absolute Gasteiger partial charge is 0.465 e. The van der Waals surface area contributed by atoms with Gasteiger partial charge in [0.05, 0.1) is 6.42 Å². The summed E-state index contributed by atoms with van der Waals surface area (Å²) in [5.74, 6) is -0.116. The molecule has 2 heteroatoms. The normalized spacial score (nSPS) is 22.4. The van der Waals surface area contributed by atoms with Gasteiger partial charge in [0, 0.05) is 5.41 Å². The van der Waals surface area contributed by atoms with E-state index < -0.39 is 0 Å². The number of carbonyl (C=O) groups is 1. The Hall–Kier alpha value is -2.09. The van der Waals surface area contributed by atoms with Gasteiger partial charge in [-0.1, -0.05) is 48.5 Å². The predicted octanol–water partition coefficient (Wildman–Crippen LogP) is 3.60. The maximum atomic E-state index is 11.6. The third-order valence-electron chi connectivity index (χ3n) is 3.89. The molecule has 2 aromatic rings. The lowest BCUT2D eigenvalue weighted by molar-refractivity contribution is -0.137. The minimum Gasteiger partial charge on any atom is -0.465 e. The zero-order valence-corrected chi connectivity index (χ0v) is 10.8. The highest BCUT2D eigenvalue weighted by molar-refractivity contribution is 5.88. The third-order valence-corrected chi connectivity index (χ3v) is 3.89. The van der Waals surface area contributed by atoms with Crippen LogP contribution in [0.2, 0.25) is 0 Å². The Morgan fingerprint density at radius 1 is 1.21 bits per heavy atom. The van der Waals surface area contributed by atoms with Gasteiger partial charge < -0.3 is 4.74 Å². The lowest BCUT2D eigenvalue weighted by Crippen LogP contribution is -2.26. The predicted molar refractivity (Wildman–Crippen MR) is 76.0 cm³/mol. The van der Waals surface area contributed by atoms with Gasteiger partial charge in [0.2, 0.25) is 0 Å². The average molecular weight is 252 g/mol. The van der Waals surface area contributed by atoms with Crippen molar-refractivity contribution in [3.05, 3.63) is 60.7 Å². The molecule has 1 saturated heterocycles. The molecule has 1 aliphatic rings. The number of ether oxygens (including phenoxy) is 1. The second kappa shape index (κ2) is 4.54. The molecule has 2 aromatic carbocycles. The molecule has 0 aliphatic carbocycles. The highest BCUT2D eigenvalue weighted by atomic mass is 16.5. The van der Waals surface area contributed by atoms with Crippen LogP contribution in [0.4, 0.5) is 0 Å². The van der Waals surface area contributed by atoms with E-state index >= 15 is 0 Å². The zero-order chi connectivity index (χ0) is 13.3. The highest BCUT2D eigenvalue weighted by Gasteiger charge is 2.41. The molecule has 3 rings (SSSR count). The van der Waals surface area contributed by atoms with Crippen LogP contribution in [0.5, 0.6) is 0 Å². The fourth-order valence-corrected chi connectivity index (χ4v) is 2.98. The summed E-state index contributed by atoms with van der Waals surface area (Å²) in [6, 6.07) is 14.5. The van der Waals surface area contributed by atoms with Gasteiger partial charge in [-0.3, -0.25) is 4.79 Å². The van der Waals surface area contributed by atoms with E-state index in [0.717, 1.165) is 6.42 Å². The third kappa shape index (κ3) is 1.93. The number of fused-ring (bicyclic) bond motifs is 1. The van der Waals surface area contributed by atoms with Gasteiger partial charge in [-0.15, -0.1) is 6.58 Å². The fraction of sp³-hybridized carbons (Fsp3) is 0.235. The van der Waals surface area contributed by atoms with Crippen molar-refractivity contribution in [3.63, 3.8) is 0 Å². The maximum absolute atomic E-state index is 11.6. The number of esters is 1. The van der Waals surface area contributed by atoms with Crippen LogP contribution < -0.4 is 0 Å². The first-order valence-corrected chi connectivity index (χ1v) is 6.50. The van der Waals surface area contributed by atoms with Crippen molar-refractivity contribution >= 4 is 16.7 Å². The van der Waals surface area contributed by atoms with E-state index in [0.29, 0.717) is 13.0 Å². The van der Waals surface area contributed by atoms with Crippen molar-refractivity contribution in [2.45, 2.75) is 18.3 Å². The molecule has 1 aliphatic heterocycles. The first kappa shape index (κ1) is 12.0. The number of allylic oxidation sites excluding steroid dienone is 1. The second-order valence-corrected chi connectivity index (χ2v) is 5.14. The SMILES string of the molecule is C=CC[C@@]1(c2cccc3ccccc23)COC(=O)C1. The Bertz CT molecular complexity index is 639. The number of cyclic esters (lactones) is 1. The number of rotatable bonds is 3. The minimum atomic E-state index is -0.250. The molecule has 0 spiro atoms. The lowest BCUT2D eigenvalue weighted by Gasteiger charge is -2.26. The Balaban J connectivity index is 2.21. The van der Waals surface area contributed by atoms with Crippen LogP contribution in [0.25, 0.3) is 10.8 Å². The van der Waals surface area contributed by atoms with Crippen LogP contribution in [-0.2, 0) is 14.9 Å². The van der Waals surface area contributed by atoms with Gasteiger partial charge in [0.25, 0.3) is 0 Å². The van der Waals surface area contributed by atoms with Gasteiger partial charge in [0.15, 0.2) is 0 Å². The molecule has 1 fully saturated rings. The maximum Gasteiger partial charge on any atom is 0.306 e. The van der Waals surface area contributed by atoms with E-state index in [2.05, 4.69) is 30.8 Å². The Morgan fingerprint density at radius 3 is 2.74 bits per heavy atom. The van der Waals surface area contributed by atoms with Crippen LogP contribution in [-0.4, -0.2) is 12.6 Å². The van der Waals surface area contributed by atoms with E-state index in [9.17, 15) is 4.79 Å². The number of hydrogen-bond acceptors (Lipinski definition) is 2.